The molecule has 0 amide bonds. The zero-order valence-corrected chi connectivity index (χ0v) is 19.0. The SMILES string of the molecule is Cc1cc(-c2[nH]c3ccc(OCC4CCN(C(C)C)CC4)cc3c2C(C)C)ccn1. The smallest absolute Gasteiger partial charge is 0.120 e. The van der Waals surface area contributed by atoms with Crippen LogP contribution in [0.5, 0.6) is 5.75 Å². The predicted octanol–water partition coefficient (Wildman–Crippen LogP) is 6.16. The fourth-order valence-electron chi connectivity index (χ4n) is 4.66. The Morgan fingerprint density at radius 3 is 2.53 bits per heavy atom. The average Bonchev–Trinajstić information content (AvgIpc) is 3.11. The number of pyridine rings is 1. The number of aromatic amines is 1. The van der Waals surface area contributed by atoms with E-state index in [1.165, 1.54) is 53.7 Å². The lowest BCUT2D eigenvalue weighted by molar-refractivity contribution is 0.119. The van der Waals surface area contributed by atoms with E-state index < -0.39 is 0 Å². The molecule has 0 spiro atoms. The number of fused-ring (bicyclic) bond motifs is 1. The van der Waals surface area contributed by atoms with E-state index in [0.717, 1.165) is 18.1 Å². The van der Waals surface area contributed by atoms with Crippen molar-refractivity contribution in [3.8, 4) is 17.0 Å². The molecule has 4 heteroatoms. The highest BCUT2D eigenvalue weighted by molar-refractivity contribution is 5.92. The number of aromatic nitrogens is 2. The third-order valence-corrected chi connectivity index (χ3v) is 6.44. The maximum absolute atomic E-state index is 6.28. The minimum atomic E-state index is 0.415. The molecular weight excluding hydrogens is 370 g/mol. The Kier molecular flexibility index (Phi) is 6.14. The lowest BCUT2D eigenvalue weighted by atomic mass is 9.96. The second-order valence-electron chi connectivity index (χ2n) is 9.35. The van der Waals surface area contributed by atoms with Crippen molar-refractivity contribution in [1.29, 1.82) is 0 Å². The molecule has 3 heterocycles. The molecule has 3 aromatic rings. The van der Waals surface area contributed by atoms with E-state index >= 15 is 0 Å². The van der Waals surface area contributed by atoms with Crippen LogP contribution in [-0.2, 0) is 0 Å². The third kappa shape index (κ3) is 4.39. The second-order valence-corrected chi connectivity index (χ2v) is 9.35. The molecular formula is C26H35N3O. The van der Waals surface area contributed by atoms with Gasteiger partial charge in [0.2, 0.25) is 0 Å². The minimum Gasteiger partial charge on any atom is -0.493 e. The number of nitrogens with one attached hydrogen (secondary N) is 1. The molecule has 0 radical (unpaired) electrons. The van der Waals surface area contributed by atoms with Gasteiger partial charge in [-0.3, -0.25) is 4.98 Å². The average molecular weight is 406 g/mol. The molecule has 4 nitrogen and oxygen atoms in total. The van der Waals surface area contributed by atoms with Crippen LogP contribution >= 0.6 is 0 Å². The van der Waals surface area contributed by atoms with Crippen molar-refractivity contribution >= 4 is 10.9 Å². The number of hydrogen-bond acceptors (Lipinski definition) is 3. The molecule has 2 aromatic heterocycles. The van der Waals surface area contributed by atoms with Crippen LogP contribution in [-0.4, -0.2) is 40.6 Å². The molecule has 0 saturated carbocycles. The summed E-state index contributed by atoms with van der Waals surface area (Å²) in [4.78, 5) is 10.6. The summed E-state index contributed by atoms with van der Waals surface area (Å²) < 4.78 is 6.28. The minimum absolute atomic E-state index is 0.415. The quantitative estimate of drug-likeness (QED) is 0.534. The van der Waals surface area contributed by atoms with Crippen molar-refractivity contribution < 1.29 is 4.74 Å². The molecule has 0 aliphatic carbocycles. The van der Waals surface area contributed by atoms with Gasteiger partial charge in [0.15, 0.2) is 0 Å². The first-order chi connectivity index (χ1) is 14.4. The number of rotatable bonds is 6. The topological polar surface area (TPSA) is 41.1 Å². The summed E-state index contributed by atoms with van der Waals surface area (Å²) in [6.45, 7) is 14.3. The summed E-state index contributed by atoms with van der Waals surface area (Å²) in [5, 5.41) is 1.27. The van der Waals surface area contributed by atoms with Crippen molar-refractivity contribution in [2.45, 2.75) is 59.4 Å². The summed E-state index contributed by atoms with van der Waals surface area (Å²) in [5.74, 6) is 2.05. The fourth-order valence-corrected chi connectivity index (χ4v) is 4.66. The number of aryl methyl sites for hydroxylation is 1. The number of piperidine rings is 1. The Bertz CT molecular complexity index is 997. The van der Waals surface area contributed by atoms with Gasteiger partial charge in [-0.2, -0.15) is 0 Å². The van der Waals surface area contributed by atoms with E-state index in [-0.39, 0.29) is 0 Å². The monoisotopic (exact) mass is 405 g/mol. The van der Waals surface area contributed by atoms with Crippen LogP contribution in [0.15, 0.2) is 36.5 Å². The van der Waals surface area contributed by atoms with Crippen molar-refractivity contribution in [3.05, 3.63) is 47.8 Å². The highest BCUT2D eigenvalue weighted by Gasteiger charge is 2.22. The molecule has 0 atom stereocenters. The first-order valence-electron chi connectivity index (χ1n) is 11.4. The molecule has 1 aliphatic heterocycles. The Morgan fingerprint density at radius 2 is 1.87 bits per heavy atom. The highest BCUT2D eigenvalue weighted by Crippen LogP contribution is 2.37. The van der Waals surface area contributed by atoms with Gasteiger partial charge in [-0.1, -0.05) is 13.8 Å². The van der Waals surface area contributed by atoms with Gasteiger partial charge in [-0.05, 0) is 94.4 Å². The zero-order chi connectivity index (χ0) is 21.3. The van der Waals surface area contributed by atoms with Crippen molar-refractivity contribution in [2.24, 2.45) is 5.92 Å². The molecule has 1 saturated heterocycles. The van der Waals surface area contributed by atoms with Gasteiger partial charge >= 0.3 is 0 Å². The van der Waals surface area contributed by atoms with Crippen molar-refractivity contribution in [1.82, 2.24) is 14.9 Å². The molecule has 1 fully saturated rings. The highest BCUT2D eigenvalue weighted by atomic mass is 16.5. The van der Waals surface area contributed by atoms with Crippen LogP contribution in [0.4, 0.5) is 0 Å². The summed E-state index contributed by atoms with van der Waals surface area (Å²) in [7, 11) is 0. The third-order valence-electron chi connectivity index (χ3n) is 6.44. The first-order valence-corrected chi connectivity index (χ1v) is 11.4. The fraction of sp³-hybridized carbons (Fsp3) is 0.500. The van der Waals surface area contributed by atoms with Crippen LogP contribution in [0.25, 0.3) is 22.2 Å². The molecule has 1 aromatic carbocycles. The van der Waals surface area contributed by atoms with Gasteiger partial charge in [0, 0.05) is 34.4 Å². The largest absolute Gasteiger partial charge is 0.493 e. The Balaban J connectivity index is 1.54. The van der Waals surface area contributed by atoms with Gasteiger partial charge in [0.25, 0.3) is 0 Å². The van der Waals surface area contributed by atoms with Gasteiger partial charge in [-0.25, -0.2) is 0 Å². The van der Waals surface area contributed by atoms with E-state index in [1.807, 2.05) is 13.1 Å². The maximum atomic E-state index is 6.28. The van der Waals surface area contributed by atoms with Gasteiger partial charge in [0.05, 0.1) is 12.3 Å². The van der Waals surface area contributed by atoms with Crippen LogP contribution < -0.4 is 4.74 Å². The summed E-state index contributed by atoms with van der Waals surface area (Å²) in [5.41, 5.74) is 5.95. The predicted molar refractivity (Wildman–Crippen MR) is 125 cm³/mol. The van der Waals surface area contributed by atoms with E-state index in [2.05, 4.69) is 72.9 Å². The van der Waals surface area contributed by atoms with E-state index in [4.69, 9.17) is 4.74 Å². The van der Waals surface area contributed by atoms with Crippen molar-refractivity contribution in [3.63, 3.8) is 0 Å². The van der Waals surface area contributed by atoms with Crippen LogP contribution in [0.3, 0.4) is 0 Å². The van der Waals surface area contributed by atoms with Crippen LogP contribution in [0.2, 0.25) is 0 Å². The molecule has 4 rings (SSSR count). The number of nitrogens with zero attached hydrogens (tertiary/aromatic N) is 2. The second kappa shape index (κ2) is 8.81. The molecule has 0 unspecified atom stereocenters. The number of hydrogen-bond donors (Lipinski definition) is 1. The van der Waals surface area contributed by atoms with Crippen LogP contribution in [0, 0.1) is 12.8 Å². The van der Waals surface area contributed by atoms with E-state index in [9.17, 15) is 0 Å². The molecule has 1 N–H and O–H groups in total. The Morgan fingerprint density at radius 1 is 1.10 bits per heavy atom. The van der Waals surface area contributed by atoms with E-state index in [1.54, 1.807) is 0 Å². The maximum Gasteiger partial charge on any atom is 0.120 e. The number of likely N-dealkylation sites (tertiary alicyclic amines) is 1. The molecule has 30 heavy (non-hydrogen) atoms. The number of benzene rings is 1. The van der Waals surface area contributed by atoms with Crippen molar-refractivity contribution in [2.75, 3.05) is 19.7 Å². The molecule has 0 bridgehead atoms. The van der Waals surface area contributed by atoms with E-state index in [0.29, 0.717) is 17.9 Å². The summed E-state index contributed by atoms with van der Waals surface area (Å²) in [6, 6.07) is 11.4. The Labute approximate surface area is 180 Å². The summed E-state index contributed by atoms with van der Waals surface area (Å²) in [6.07, 6.45) is 4.35. The lowest BCUT2D eigenvalue weighted by Gasteiger charge is -2.34. The lowest BCUT2D eigenvalue weighted by Crippen LogP contribution is -2.39. The molecule has 1 aliphatic rings. The standard InChI is InChI=1S/C26H35N3O/c1-17(2)25-23-15-22(30-16-20-9-12-29(13-10-20)18(3)4)6-7-24(23)28-26(25)21-8-11-27-19(5)14-21/h6-8,11,14-15,17-18,20,28H,9-10,12-13,16H2,1-5H3. The van der Waals surface area contributed by atoms with Gasteiger partial charge in [0.1, 0.15) is 5.75 Å². The van der Waals surface area contributed by atoms with Gasteiger partial charge in [-0.15, -0.1) is 0 Å². The zero-order valence-electron chi connectivity index (χ0n) is 19.0. The Hall–Kier alpha value is -2.33. The first kappa shape index (κ1) is 20.9. The molecule has 160 valence electrons. The van der Waals surface area contributed by atoms with Crippen LogP contribution in [0.1, 0.15) is 57.7 Å². The number of ether oxygens (including phenoxy) is 1. The number of H-pyrrole nitrogens is 1. The normalized spacial score (nSPS) is 16.1. The summed E-state index contributed by atoms with van der Waals surface area (Å²) >= 11 is 0. The van der Waals surface area contributed by atoms with Gasteiger partial charge < -0.3 is 14.6 Å².